The van der Waals surface area contributed by atoms with Gasteiger partial charge in [-0.05, 0) is 62.7 Å². The molecule has 0 aromatic heterocycles. The van der Waals surface area contributed by atoms with Crippen LogP contribution in [0, 0.1) is 0 Å². The second-order valence-electron chi connectivity index (χ2n) is 6.13. The molecule has 3 amide bonds. The summed E-state index contributed by atoms with van der Waals surface area (Å²) in [6.07, 6.45) is 0.281. The zero-order valence-corrected chi connectivity index (χ0v) is 15.3. The summed E-state index contributed by atoms with van der Waals surface area (Å²) in [5.74, 6) is 0.689. The topological polar surface area (TPSA) is 79.5 Å². The average molecular weight is 355 g/mol. The molecule has 3 N–H and O–H groups in total. The molecular formula is C20H25N3O3. The van der Waals surface area contributed by atoms with Gasteiger partial charge in [-0.1, -0.05) is 12.1 Å². The Morgan fingerprint density at radius 1 is 0.923 bits per heavy atom. The zero-order valence-electron chi connectivity index (χ0n) is 15.3. The van der Waals surface area contributed by atoms with Crippen molar-refractivity contribution in [1.82, 2.24) is 5.32 Å². The van der Waals surface area contributed by atoms with Gasteiger partial charge >= 0.3 is 6.03 Å². The molecule has 2 aromatic carbocycles. The van der Waals surface area contributed by atoms with Crippen LogP contribution < -0.4 is 20.7 Å². The van der Waals surface area contributed by atoms with Crippen LogP contribution in [0.25, 0.3) is 0 Å². The zero-order chi connectivity index (χ0) is 18.9. The van der Waals surface area contributed by atoms with Crippen molar-refractivity contribution in [3.8, 4) is 5.75 Å². The molecule has 2 rings (SSSR count). The molecule has 0 aliphatic rings. The Kier molecular flexibility index (Phi) is 7.02. The van der Waals surface area contributed by atoms with Gasteiger partial charge in [0.05, 0.1) is 13.0 Å². The first-order chi connectivity index (χ1) is 12.5. The molecule has 138 valence electrons. The summed E-state index contributed by atoms with van der Waals surface area (Å²) in [6, 6.07) is 14.3. The fourth-order valence-electron chi connectivity index (χ4n) is 2.33. The van der Waals surface area contributed by atoms with Crippen molar-refractivity contribution in [2.75, 3.05) is 17.2 Å². The summed E-state index contributed by atoms with van der Waals surface area (Å²) in [7, 11) is 0. The van der Waals surface area contributed by atoms with Crippen LogP contribution in [-0.4, -0.2) is 24.6 Å². The maximum atomic E-state index is 12.2. The Bertz CT molecular complexity index is 725. The lowest BCUT2D eigenvalue weighted by Gasteiger charge is -2.11. The fraction of sp³-hybridized carbons (Fsp3) is 0.300. The van der Waals surface area contributed by atoms with Crippen molar-refractivity contribution in [2.24, 2.45) is 0 Å². The molecule has 0 spiro atoms. The van der Waals surface area contributed by atoms with Crippen LogP contribution in [-0.2, 0) is 11.2 Å². The van der Waals surface area contributed by atoms with Gasteiger partial charge in [0, 0.05) is 17.4 Å². The van der Waals surface area contributed by atoms with Crippen LogP contribution in [0.4, 0.5) is 16.2 Å². The summed E-state index contributed by atoms with van der Waals surface area (Å²) in [6.45, 7) is 6.33. The van der Waals surface area contributed by atoms with Crippen molar-refractivity contribution in [3.05, 3.63) is 54.1 Å². The van der Waals surface area contributed by atoms with Crippen molar-refractivity contribution in [2.45, 2.75) is 33.2 Å². The third-order valence-electron chi connectivity index (χ3n) is 3.45. The molecular weight excluding hydrogens is 330 g/mol. The van der Waals surface area contributed by atoms with Crippen molar-refractivity contribution < 1.29 is 14.3 Å². The predicted octanol–water partition coefficient (Wildman–Crippen LogP) is 3.80. The van der Waals surface area contributed by atoms with Gasteiger partial charge in [-0.3, -0.25) is 4.79 Å². The standard InChI is InChI=1S/C20H25N3O3/c1-4-26-18-11-5-15(6-12-18)13-19(24)22-16-7-9-17(10-8-16)23-20(25)21-14(2)3/h5-12,14H,4,13H2,1-3H3,(H,22,24)(H2,21,23,25). The smallest absolute Gasteiger partial charge is 0.319 e. The highest BCUT2D eigenvalue weighted by molar-refractivity contribution is 5.93. The van der Waals surface area contributed by atoms with Gasteiger partial charge < -0.3 is 20.7 Å². The first-order valence-corrected chi connectivity index (χ1v) is 8.65. The highest BCUT2D eigenvalue weighted by atomic mass is 16.5. The van der Waals surface area contributed by atoms with Crippen LogP contribution in [0.2, 0.25) is 0 Å². The molecule has 0 bridgehead atoms. The van der Waals surface area contributed by atoms with E-state index in [4.69, 9.17) is 4.74 Å². The lowest BCUT2D eigenvalue weighted by atomic mass is 10.1. The Hall–Kier alpha value is -3.02. The largest absolute Gasteiger partial charge is 0.494 e. The number of hydrogen-bond acceptors (Lipinski definition) is 3. The van der Waals surface area contributed by atoms with E-state index in [9.17, 15) is 9.59 Å². The summed E-state index contributed by atoms with van der Waals surface area (Å²) in [5, 5.41) is 8.33. The van der Waals surface area contributed by atoms with E-state index in [0.717, 1.165) is 11.3 Å². The highest BCUT2D eigenvalue weighted by Crippen LogP contribution is 2.15. The maximum Gasteiger partial charge on any atom is 0.319 e. The summed E-state index contributed by atoms with van der Waals surface area (Å²) in [5.41, 5.74) is 2.25. The predicted molar refractivity (Wildman–Crippen MR) is 104 cm³/mol. The van der Waals surface area contributed by atoms with Gasteiger partial charge in [-0.25, -0.2) is 4.79 Å². The number of carbonyl (C=O) groups is 2. The van der Waals surface area contributed by atoms with Crippen molar-refractivity contribution in [3.63, 3.8) is 0 Å². The first kappa shape index (κ1) is 19.3. The lowest BCUT2D eigenvalue weighted by Crippen LogP contribution is -2.34. The molecule has 6 heteroatoms. The minimum atomic E-state index is -0.257. The molecule has 0 radical (unpaired) electrons. The Labute approximate surface area is 153 Å². The van der Waals surface area contributed by atoms with E-state index in [1.54, 1.807) is 24.3 Å². The van der Waals surface area contributed by atoms with Crippen LogP contribution in [0.1, 0.15) is 26.3 Å². The number of urea groups is 1. The Morgan fingerprint density at radius 2 is 1.50 bits per heavy atom. The molecule has 0 saturated heterocycles. The number of rotatable bonds is 7. The second-order valence-corrected chi connectivity index (χ2v) is 6.13. The van der Waals surface area contributed by atoms with E-state index in [-0.39, 0.29) is 24.4 Å². The minimum Gasteiger partial charge on any atom is -0.494 e. The molecule has 0 saturated carbocycles. The fourth-order valence-corrected chi connectivity index (χ4v) is 2.33. The van der Waals surface area contributed by atoms with E-state index in [0.29, 0.717) is 18.0 Å². The first-order valence-electron chi connectivity index (χ1n) is 8.65. The maximum absolute atomic E-state index is 12.2. The molecule has 0 aliphatic carbocycles. The molecule has 26 heavy (non-hydrogen) atoms. The molecule has 0 aliphatic heterocycles. The van der Waals surface area contributed by atoms with Crippen LogP contribution in [0.15, 0.2) is 48.5 Å². The molecule has 2 aromatic rings. The van der Waals surface area contributed by atoms with Crippen LogP contribution in [0.5, 0.6) is 5.75 Å². The Balaban J connectivity index is 1.85. The molecule has 6 nitrogen and oxygen atoms in total. The number of ether oxygens (including phenoxy) is 1. The number of hydrogen-bond donors (Lipinski definition) is 3. The van der Waals surface area contributed by atoms with Crippen molar-refractivity contribution >= 4 is 23.3 Å². The number of benzene rings is 2. The third-order valence-corrected chi connectivity index (χ3v) is 3.45. The number of anilines is 2. The normalized spacial score (nSPS) is 10.3. The lowest BCUT2D eigenvalue weighted by molar-refractivity contribution is -0.115. The van der Waals surface area contributed by atoms with Crippen molar-refractivity contribution in [1.29, 1.82) is 0 Å². The number of nitrogens with one attached hydrogen (secondary N) is 3. The quantitative estimate of drug-likeness (QED) is 0.707. The molecule has 0 heterocycles. The highest BCUT2D eigenvalue weighted by Gasteiger charge is 2.06. The summed E-state index contributed by atoms with van der Waals surface area (Å²) in [4.78, 5) is 23.8. The average Bonchev–Trinajstić information content (AvgIpc) is 2.58. The van der Waals surface area contributed by atoms with Gasteiger partial charge in [0.1, 0.15) is 5.75 Å². The van der Waals surface area contributed by atoms with Gasteiger partial charge in [0.25, 0.3) is 0 Å². The minimum absolute atomic E-state index is 0.0659. The third kappa shape index (κ3) is 6.47. The van der Waals surface area contributed by atoms with E-state index < -0.39 is 0 Å². The van der Waals surface area contributed by atoms with E-state index in [1.165, 1.54) is 0 Å². The van der Waals surface area contributed by atoms with E-state index in [1.807, 2.05) is 45.0 Å². The summed E-state index contributed by atoms with van der Waals surface area (Å²) < 4.78 is 5.39. The number of amides is 3. The number of carbonyl (C=O) groups excluding carboxylic acids is 2. The van der Waals surface area contributed by atoms with E-state index >= 15 is 0 Å². The SMILES string of the molecule is CCOc1ccc(CC(=O)Nc2ccc(NC(=O)NC(C)C)cc2)cc1. The molecule has 0 atom stereocenters. The van der Waals surface area contributed by atoms with Gasteiger partial charge in [-0.15, -0.1) is 0 Å². The summed E-state index contributed by atoms with van der Waals surface area (Å²) >= 11 is 0. The van der Waals surface area contributed by atoms with Gasteiger partial charge in [0.15, 0.2) is 0 Å². The Morgan fingerprint density at radius 3 is 2.04 bits per heavy atom. The second kappa shape index (κ2) is 9.46. The molecule has 0 unspecified atom stereocenters. The monoisotopic (exact) mass is 355 g/mol. The van der Waals surface area contributed by atoms with Gasteiger partial charge in [0.2, 0.25) is 5.91 Å². The van der Waals surface area contributed by atoms with E-state index in [2.05, 4.69) is 16.0 Å². The van der Waals surface area contributed by atoms with Crippen LogP contribution in [0.3, 0.4) is 0 Å². The molecule has 0 fully saturated rings. The van der Waals surface area contributed by atoms with Gasteiger partial charge in [-0.2, -0.15) is 0 Å². The van der Waals surface area contributed by atoms with Crippen LogP contribution >= 0.6 is 0 Å².